The van der Waals surface area contributed by atoms with Gasteiger partial charge in [0.05, 0.1) is 6.61 Å². The van der Waals surface area contributed by atoms with Crippen molar-refractivity contribution < 1.29 is 14.3 Å². The summed E-state index contributed by atoms with van der Waals surface area (Å²) in [5, 5.41) is 2.53. The second-order valence-electron chi connectivity index (χ2n) is 3.79. The summed E-state index contributed by atoms with van der Waals surface area (Å²) in [6, 6.07) is -0.509. The topological polar surface area (TPSA) is 84.7 Å². The molecule has 96 valence electrons. The number of nitrogens with one attached hydrogen (secondary N) is 1. The zero-order chi connectivity index (χ0) is 12.7. The fourth-order valence-electron chi connectivity index (χ4n) is 1.23. The van der Waals surface area contributed by atoms with Crippen molar-refractivity contribution in [2.24, 2.45) is 11.7 Å². The number of nitrogens with zero attached hydrogens (tertiary/aromatic N) is 1. The second kappa shape index (κ2) is 6.90. The monoisotopic (exact) mass is 241 g/mol. The molecule has 3 N–H and O–H groups in total. The largest absolute Gasteiger partial charge is 0.449 e. The van der Waals surface area contributed by atoms with Gasteiger partial charge in [0, 0.05) is 19.3 Å². The van der Waals surface area contributed by atoms with E-state index in [1.54, 1.807) is 13.1 Å². The van der Waals surface area contributed by atoms with Crippen LogP contribution in [0.5, 0.6) is 0 Å². The summed E-state index contributed by atoms with van der Waals surface area (Å²) < 4.78 is 4.76. The quantitative estimate of drug-likeness (QED) is 0.753. The number of urea groups is 1. The Morgan fingerprint density at radius 1 is 1.53 bits per heavy atom. The van der Waals surface area contributed by atoms with E-state index >= 15 is 0 Å². The van der Waals surface area contributed by atoms with E-state index in [4.69, 9.17) is 10.5 Å². The molecule has 1 saturated carbocycles. The molecule has 17 heavy (non-hydrogen) atoms. The molecule has 0 aliphatic heterocycles. The maximum absolute atomic E-state index is 11.7. The van der Waals surface area contributed by atoms with Gasteiger partial charge in [0.2, 0.25) is 0 Å². The number of rotatable bonds is 5. The summed E-state index contributed by atoms with van der Waals surface area (Å²) in [5.41, 5.74) is 5.34. The van der Waals surface area contributed by atoms with Gasteiger partial charge in [-0.3, -0.25) is 0 Å². The average Bonchev–Trinajstić information content (AvgIpc) is 3.10. The Kier molecular flexibility index (Phi) is 5.48. The number of nitrogens with two attached hydrogens (primary N) is 1. The molecule has 0 heterocycles. The van der Waals surface area contributed by atoms with Crippen molar-refractivity contribution >= 4 is 12.1 Å². The van der Waals surface area contributed by atoms with E-state index in [0.717, 1.165) is 17.7 Å². The third-order valence-electron chi connectivity index (χ3n) is 2.28. The molecule has 0 aromatic carbocycles. The molecule has 0 atom stereocenters. The van der Waals surface area contributed by atoms with Gasteiger partial charge in [-0.25, -0.2) is 14.5 Å². The van der Waals surface area contributed by atoms with E-state index in [2.05, 4.69) is 5.32 Å². The van der Waals surface area contributed by atoms with Crippen molar-refractivity contribution in [1.82, 2.24) is 10.2 Å². The van der Waals surface area contributed by atoms with Gasteiger partial charge >= 0.3 is 12.1 Å². The Balaban J connectivity index is 2.43. The molecule has 0 saturated heterocycles. The minimum Gasteiger partial charge on any atom is -0.449 e. The van der Waals surface area contributed by atoms with Crippen LogP contribution in [0.4, 0.5) is 9.59 Å². The lowest BCUT2D eigenvalue weighted by Gasteiger charge is -2.18. The summed E-state index contributed by atoms with van der Waals surface area (Å²) in [4.78, 5) is 24.1. The maximum Gasteiger partial charge on any atom is 0.418 e. The van der Waals surface area contributed by atoms with E-state index in [1.807, 2.05) is 6.08 Å². The first-order valence-electron chi connectivity index (χ1n) is 5.80. The summed E-state index contributed by atoms with van der Waals surface area (Å²) in [5.74, 6) is 0.570. The maximum atomic E-state index is 11.7. The molecule has 0 bridgehead atoms. The standard InChI is InChI=1S/C11H19N3O3/c1-2-17-11(16)14(8-6-12)10(15)13-7-5-9-3-4-9/h5,7,9H,2-4,6,8,12H2,1H3,(H,13,15)/b7-5+. The summed E-state index contributed by atoms with van der Waals surface area (Å²) in [7, 11) is 0. The zero-order valence-corrected chi connectivity index (χ0v) is 10.0. The molecule has 0 aromatic rings. The number of carbonyl (C=O) groups excluding carboxylic acids is 2. The van der Waals surface area contributed by atoms with Crippen molar-refractivity contribution in [1.29, 1.82) is 0 Å². The molecule has 1 aliphatic carbocycles. The minimum absolute atomic E-state index is 0.141. The highest BCUT2D eigenvalue weighted by atomic mass is 16.6. The molecular weight excluding hydrogens is 222 g/mol. The van der Waals surface area contributed by atoms with Crippen molar-refractivity contribution in [3.05, 3.63) is 12.3 Å². The Morgan fingerprint density at radius 3 is 2.76 bits per heavy atom. The highest BCUT2D eigenvalue weighted by molar-refractivity contribution is 5.91. The van der Waals surface area contributed by atoms with Crippen LogP contribution in [0.25, 0.3) is 0 Å². The van der Waals surface area contributed by atoms with E-state index in [9.17, 15) is 9.59 Å². The van der Waals surface area contributed by atoms with Crippen molar-refractivity contribution in [3.63, 3.8) is 0 Å². The molecule has 1 rings (SSSR count). The Bertz CT molecular complexity index is 300. The lowest BCUT2D eigenvalue weighted by Crippen LogP contribution is -2.44. The summed E-state index contributed by atoms with van der Waals surface area (Å²) in [6.45, 7) is 2.26. The Labute approximate surface area is 101 Å². The minimum atomic E-state index is -0.671. The SMILES string of the molecule is CCOC(=O)N(CCN)C(=O)N/C=C/C1CC1. The molecule has 6 heteroatoms. The highest BCUT2D eigenvalue weighted by Crippen LogP contribution is 2.29. The number of allylic oxidation sites excluding steroid dienone is 1. The molecule has 0 spiro atoms. The number of hydrogen-bond acceptors (Lipinski definition) is 4. The summed E-state index contributed by atoms with van der Waals surface area (Å²) in [6.07, 6.45) is 5.15. The van der Waals surface area contributed by atoms with Crippen LogP contribution in [-0.2, 0) is 4.74 Å². The van der Waals surface area contributed by atoms with Gasteiger partial charge in [-0.15, -0.1) is 0 Å². The molecule has 3 amide bonds. The fraction of sp³-hybridized carbons (Fsp3) is 0.636. The van der Waals surface area contributed by atoms with Gasteiger partial charge in [-0.1, -0.05) is 6.08 Å². The smallest absolute Gasteiger partial charge is 0.418 e. The first kappa shape index (κ1) is 13.5. The van der Waals surface area contributed by atoms with Crippen molar-refractivity contribution in [2.75, 3.05) is 19.7 Å². The average molecular weight is 241 g/mol. The van der Waals surface area contributed by atoms with Gasteiger partial charge in [0.25, 0.3) is 0 Å². The van der Waals surface area contributed by atoms with Crippen LogP contribution in [0, 0.1) is 5.92 Å². The molecular formula is C11H19N3O3. The van der Waals surface area contributed by atoms with Crippen LogP contribution in [0.15, 0.2) is 12.3 Å². The van der Waals surface area contributed by atoms with Crippen LogP contribution in [-0.4, -0.2) is 36.7 Å². The van der Waals surface area contributed by atoms with Gasteiger partial charge in [0.1, 0.15) is 0 Å². The fourth-order valence-corrected chi connectivity index (χ4v) is 1.23. The highest BCUT2D eigenvalue weighted by Gasteiger charge is 2.21. The van der Waals surface area contributed by atoms with Gasteiger partial charge < -0.3 is 15.8 Å². The molecule has 1 aliphatic rings. The van der Waals surface area contributed by atoms with E-state index in [0.29, 0.717) is 5.92 Å². The van der Waals surface area contributed by atoms with E-state index in [1.165, 1.54) is 0 Å². The van der Waals surface area contributed by atoms with Gasteiger partial charge in [-0.05, 0) is 25.7 Å². The first-order chi connectivity index (χ1) is 8.19. The normalized spacial score (nSPS) is 14.7. The van der Waals surface area contributed by atoms with E-state index < -0.39 is 12.1 Å². The van der Waals surface area contributed by atoms with Crippen molar-refractivity contribution in [2.45, 2.75) is 19.8 Å². The summed E-state index contributed by atoms with van der Waals surface area (Å²) >= 11 is 0. The number of ether oxygens (including phenoxy) is 1. The molecule has 0 unspecified atom stereocenters. The number of hydrogen-bond donors (Lipinski definition) is 2. The van der Waals surface area contributed by atoms with Crippen LogP contribution in [0.3, 0.4) is 0 Å². The van der Waals surface area contributed by atoms with Crippen LogP contribution >= 0.6 is 0 Å². The van der Waals surface area contributed by atoms with Crippen LogP contribution < -0.4 is 11.1 Å². The van der Waals surface area contributed by atoms with Gasteiger partial charge in [-0.2, -0.15) is 0 Å². The van der Waals surface area contributed by atoms with Crippen LogP contribution in [0.1, 0.15) is 19.8 Å². The molecule has 0 aromatic heterocycles. The Hall–Kier alpha value is -1.56. The number of imide groups is 1. The molecule has 0 radical (unpaired) electrons. The lowest BCUT2D eigenvalue weighted by atomic mass is 10.4. The number of amides is 3. The first-order valence-corrected chi connectivity index (χ1v) is 5.80. The number of carbonyl (C=O) groups is 2. The third kappa shape index (κ3) is 4.86. The molecule has 1 fully saturated rings. The predicted molar refractivity (Wildman–Crippen MR) is 63.2 cm³/mol. The third-order valence-corrected chi connectivity index (χ3v) is 2.28. The van der Waals surface area contributed by atoms with Gasteiger partial charge in [0.15, 0.2) is 0 Å². The predicted octanol–water partition coefficient (Wildman–Crippen LogP) is 1.04. The Morgan fingerprint density at radius 2 is 2.24 bits per heavy atom. The molecule has 6 nitrogen and oxygen atoms in total. The second-order valence-corrected chi connectivity index (χ2v) is 3.79. The van der Waals surface area contributed by atoms with Crippen LogP contribution in [0.2, 0.25) is 0 Å². The van der Waals surface area contributed by atoms with E-state index in [-0.39, 0.29) is 19.7 Å². The van der Waals surface area contributed by atoms with Crippen molar-refractivity contribution in [3.8, 4) is 0 Å². The lowest BCUT2D eigenvalue weighted by molar-refractivity contribution is 0.116. The zero-order valence-electron chi connectivity index (χ0n) is 10.0.